The second-order valence-corrected chi connectivity index (χ2v) is 4.49. The van der Waals surface area contributed by atoms with Gasteiger partial charge < -0.3 is 0 Å². The number of sulfonamides is 1. The van der Waals surface area contributed by atoms with Crippen molar-refractivity contribution in [2.45, 2.75) is 4.90 Å². The minimum Gasteiger partial charge on any atom is -0.250 e. The SMILES string of the molecule is N#Cc1ccc(S(=O)(=O)NCCF)cc1. The molecular weight excluding hydrogens is 219 g/mol. The molecule has 1 aromatic rings. The smallest absolute Gasteiger partial charge is 0.240 e. The maximum Gasteiger partial charge on any atom is 0.240 e. The van der Waals surface area contributed by atoms with E-state index in [-0.39, 0.29) is 11.4 Å². The average Bonchev–Trinajstić information content (AvgIpc) is 2.26. The van der Waals surface area contributed by atoms with E-state index in [0.717, 1.165) is 0 Å². The van der Waals surface area contributed by atoms with Gasteiger partial charge >= 0.3 is 0 Å². The normalized spacial score (nSPS) is 10.9. The van der Waals surface area contributed by atoms with Crippen LogP contribution < -0.4 is 4.72 Å². The van der Waals surface area contributed by atoms with Crippen molar-refractivity contribution in [1.82, 2.24) is 4.72 Å². The summed E-state index contributed by atoms with van der Waals surface area (Å²) >= 11 is 0. The van der Waals surface area contributed by atoms with Crippen LogP contribution in [-0.2, 0) is 10.0 Å². The standard InChI is InChI=1S/C9H9FN2O2S/c10-5-6-12-15(13,14)9-3-1-8(7-11)2-4-9/h1-4,12H,5-6H2. The number of hydrogen-bond acceptors (Lipinski definition) is 3. The van der Waals surface area contributed by atoms with Gasteiger partial charge in [0.15, 0.2) is 0 Å². The predicted molar refractivity (Wildman–Crippen MR) is 52.3 cm³/mol. The first kappa shape index (κ1) is 11.6. The summed E-state index contributed by atoms with van der Waals surface area (Å²) in [5.41, 5.74) is 0.374. The van der Waals surface area contributed by atoms with Crippen LogP contribution in [0.15, 0.2) is 29.2 Å². The second-order valence-electron chi connectivity index (χ2n) is 2.72. The highest BCUT2D eigenvalue weighted by Crippen LogP contribution is 2.09. The van der Waals surface area contributed by atoms with Gasteiger partial charge in [-0.1, -0.05) is 0 Å². The summed E-state index contributed by atoms with van der Waals surface area (Å²) in [6.07, 6.45) is 0. The predicted octanol–water partition coefficient (Wildman–Crippen LogP) is 0.806. The van der Waals surface area contributed by atoms with Crippen LogP contribution in [0, 0.1) is 11.3 Å². The fraction of sp³-hybridized carbons (Fsp3) is 0.222. The highest BCUT2D eigenvalue weighted by Gasteiger charge is 2.12. The molecule has 6 heteroatoms. The minimum atomic E-state index is -3.65. The van der Waals surface area contributed by atoms with Crippen molar-refractivity contribution in [2.75, 3.05) is 13.2 Å². The number of nitriles is 1. The first-order valence-electron chi connectivity index (χ1n) is 4.16. The van der Waals surface area contributed by atoms with E-state index in [0.29, 0.717) is 5.56 Å². The van der Waals surface area contributed by atoms with E-state index in [9.17, 15) is 12.8 Å². The highest BCUT2D eigenvalue weighted by molar-refractivity contribution is 7.89. The first-order valence-corrected chi connectivity index (χ1v) is 5.64. The van der Waals surface area contributed by atoms with Crippen LogP contribution in [-0.4, -0.2) is 21.6 Å². The van der Waals surface area contributed by atoms with Gasteiger partial charge in [-0.15, -0.1) is 0 Å². The topological polar surface area (TPSA) is 70.0 Å². The molecule has 0 radical (unpaired) electrons. The number of alkyl halides is 1. The molecule has 0 aromatic heterocycles. The van der Waals surface area contributed by atoms with Crippen LogP contribution in [0.4, 0.5) is 4.39 Å². The van der Waals surface area contributed by atoms with Gasteiger partial charge in [-0.05, 0) is 24.3 Å². The molecule has 80 valence electrons. The van der Waals surface area contributed by atoms with E-state index < -0.39 is 16.7 Å². The summed E-state index contributed by atoms with van der Waals surface area (Å²) in [5.74, 6) is 0. The molecule has 0 saturated carbocycles. The summed E-state index contributed by atoms with van der Waals surface area (Å²) in [5, 5.41) is 8.51. The van der Waals surface area contributed by atoms with E-state index in [1.807, 2.05) is 6.07 Å². The van der Waals surface area contributed by atoms with Crippen molar-refractivity contribution < 1.29 is 12.8 Å². The van der Waals surface area contributed by atoms with Gasteiger partial charge in [0, 0.05) is 6.54 Å². The van der Waals surface area contributed by atoms with Gasteiger partial charge in [-0.25, -0.2) is 17.5 Å². The number of halogens is 1. The van der Waals surface area contributed by atoms with Gasteiger partial charge in [0.2, 0.25) is 10.0 Å². The summed E-state index contributed by atoms with van der Waals surface area (Å²) in [6, 6.07) is 7.27. The van der Waals surface area contributed by atoms with Crippen LogP contribution in [0.1, 0.15) is 5.56 Å². The molecule has 0 bridgehead atoms. The molecule has 0 amide bonds. The Morgan fingerprint density at radius 2 is 1.93 bits per heavy atom. The summed E-state index contributed by atoms with van der Waals surface area (Å²) in [4.78, 5) is 0.0231. The molecular formula is C9H9FN2O2S. The molecule has 1 aromatic carbocycles. The van der Waals surface area contributed by atoms with Crippen LogP contribution in [0.2, 0.25) is 0 Å². The Hall–Kier alpha value is -1.45. The van der Waals surface area contributed by atoms with Crippen molar-refractivity contribution in [2.24, 2.45) is 0 Å². The molecule has 0 heterocycles. The molecule has 0 unspecified atom stereocenters. The molecule has 0 aliphatic rings. The maximum atomic E-state index is 11.8. The molecule has 0 aliphatic carbocycles. The fourth-order valence-corrected chi connectivity index (χ4v) is 1.97. The van der Waals surface area contributed by atoms with Crippen molar-refractivity contribution in [3.8, 4) is 6.07 Å². The van der Waals surface area contributed by atoms with Crippen LogP contribution in [0.25, 0.3) is 0 Å². The Morgan fingerprint density at radius 3 is 2.40 bits per heavy atom. The van der Waals surface area contributed by atoms with Crippen LogP contribution in [0.3, 0.4) is 0 Å². The molecule has 0 fully saturated rings. The zero-order valence-corrected chi connectivity index (χ0v) is 8.59. The quantitative estimate of drug-likeness (QED) is 0.828. The largest absolute Gasteiger partial charge is 0.250 e. The molecule has 0 saturated heterocycles. The lowest BCUT2D eigenvalue weighted by Gasteiger charge is -2.04. The maximum absolute atomic E-state index is 11.8. The second kappa shape index (κ2) is 4.87. The Morgan fingerprint density at radius 1 is 1.33 bits per heavy atom. The lowest BCUT2D eigenvalue weighted by molar-refractivity contribution is 0.486. The van der Waals surface area contributed by atoms with Crippen LogP contribution in [0.5, 0.6) is 0 Å². The van der Waals surface area contributed by atoms with Gasteiger partial charge in [0.25, 0.3) is 0 Å². The molecule has 15 heavy (non-hydrogen) atoms. The van der Waals surface area contributed by atoms with Crippen molar-refractivity contribution in [3.05, 3.63) is 29.8 Å². The summed E-state index contributed by atoms with van der Waals surface area (Å²) in [6.45, 7) is -1.00. The highest BCUT2D eigenvalue weighted by atomic mass is 32.2. The fourth-order valence-electron chi connectivity index (χ4n) is 0.965. The lowest BCUT2D eigenvalue weighted by Crippen LogP contribution is -2.25. The Labute approximate surface area is 87.4 Å². The average molecular weight is 228 g/mol. The Bertz CT molecular complexity index is 462. The summed E-state index contributed by atoms with van der Waals surface area (Å²) < 4.78 is 36.7. The number of benzene rings is 1. The molecule has 0 spiro atoms. The summed E-state index contributed by atoms with van der Waals surface area (Å²) in [7, 11) is -3.65. The molecule has 0 atom stereocenters. The zero-order valence-electron chi connectivity index (χ0n) is 7.77. The third-order valence-electron chi connectivity index (χ3n) is 1.68. The molecule has 1 N–H and O–H groups in total. The van der Waals surface area contributed by atoms with Crippen molar-refractivity contribution in [1.29, 1.82) is 5.26 Å². The lowest BCUT2D eigenvalue weighted by atomic mass is 10.2. The first-order chi connectivity index (χ1) is 7.10. The van der Waals surface area contributed by atoms with Crippen molar-refractivity contribution in [3.63, 3.8) is 0 Å². The Kier molecular flexibility index (Phi) is 3.77. The number of nitrogens with zero attached hydrogens (tertiary/aromatic N) is 1. The minimum absolute atomic E-state index is 0.0231. The van der Waals surface area contributed by atoms with Gasteiger partial charge in [0.05, 0.1) is 16.5 Å². The van der Waals surface area contributed by atoms with E-state index in [1.54, 1.807) is 0 Å². The third kappa shape index (κ3) is 3.01. The Balaban J connectivity index is 2.92. The van der Waals surface area contributed by atoms with Gasteiger partial charge in [-0.3, -0.25) is 0 Å². The molecule has 4 nitrogen and oxygen atoms in total. The van der Waals surface area contributed by atoms with Gasteiger partial charge in [0.1, 0.15) is 6.67 Å². The van der Waals surface area contributed by atoms with Gasteiger partial charge in [-0.2, -0.15) is 5.26 Å². The van der Waals surface area contributed by atoms with Crippen molar-refractivity contribution >= 4 is 10.0 Å². The van der Waals surface area contributed by atoms with E-state index in [4.69, 9.17) is 5.26 Å². The zero-order chi connectivity index (χ0) is 11.3. The monoisotopic (exact) mass is 228 g/mol. The number of nitrogens with one attached hydrogen (secondary N) is 1. The molecule has 0 aliphatic heterocycles. The van der Waals surface area contributed by atoms with E-state index >= 15 is 0 Å². The van der Waals surface area contributed by atoms with E-state index in [2.05, 4.69) is 4.72 Å². The van der Waals surface area contributed by atoms with Crippen LogP contribution >= 0.6 is 0 Å². The number of rotatable bonds is 4. The molecule has 1 rings (SSSR count). The number of hydrogen-bond donors (Lipinski definition) is 1. The third-order valence-corrected chi connectivity index (χ3v) is 3.16. The van der Waals surface area contributed by atoms with E-state index in [1.165, 1.54) is 24.3 Å².